The van der Waals surface area contributed by atoms with Gasteiger partial charge < -0.3 is 9.64 Å². The van der Waals surface area contributed by atoms with E-state index in [-0.39, 0.29) is 42.3 Å². The second kappa shape index (κ2) is 8.96. The second-order valence-corrected chi connectivity index (χ2v) is 9.87. The number of carbonyl (C=O) groups excluding carboxylic acids is 3. The lowest BCUT2D eigenvalue weighted by Crippen LogP contribution is -2.48. The van der Waals surface area contributed by atoms with Crippen molar-refractivity contribution in [3.8, 4) is 0 Å². The monoisotopic (exact) mass is 451 g/mol. The van der Waals surface area contributed by atoms with Gasteiger partial charge in [-0.1, -0.05) is 6.07 Å². The molecule has 0 aliphatic carbocycles. The van der Waals surface area contributed by atoms with Gasteiger partial charge in [-0.25, -0.2) is 22.8 Å². The molecule has 31 heavy (non-hydrogen) atoms. The van der Waals surface area contributed by atoms with Crippen LogP contribution in [0.3, 0.4) is 0 Å². The summed E-state index contributed by atoms with van der Waals surface area (Å²) in [6, 6.07) is 1.70. The molecular weight excluding hydrogens is 422 g/mol. The summed E-state index contributed by atoms with van der Waals surface area (Å²) in [4.78, 5) is 39.1. The standard InChI is InChI=1S/C21H29N3O6S/c1-13-11-14(2)16(4)20(15(13)3)31(28,29)22-8-5-18(25)23-9-6-17(7-10-23)24-19(26)12-30-21(24)27/h11,17,22H,5-10,12H2,1-4H3. The lowest BCUT2D eigenvalue weighted by molar-refractivity contribution is -0.133. The SMILES string of the molecule is Cc1cc(C)c(C)c(S(=O)(=O)NCCC(=O)N2CCC(N3C(=O)COC3=O)CC2)c1C. The third kappa shape index (κ3) is 4.74. The highest BCUT2D eigenvalue weighted by atomic mass is 32.2. The molecule has 1 aromatic rings. The molecule has 0 bridgehead atoms. The second-order valence-electron chi connectivity index (χ2n) is 8.17. The van der Waals surface area contributed by atoms with Crippen molar-refractivity contribution < 1.29 is 27.5 Å². The number of benzene rings is 1. The smallest absolute Gasteiger partial charge is 0.417 e. The Kier molecular flexibility index (Phi) is 6.70. The Labute approximate surface area is 182 Å². The molecule has 0 saturated carbocycles. The van der Waals surface area contributed by atoms with Crippen LogP contribution in [-0.2, 0) is 24.3 Å². The average Bonchev–Trinajstić information content (AvgIpc) is 3.04. The van der Waals surface area contributed by atoms with Crippen LogP contribution in [0.4, 0.5) is 4.79 Å². The fourth-order valence-corrected chi connectivity index (χ4v) is 5.84. The number of aryl methyl sites for hydroxylation is 2. The molecule has 10 heteroatoms. The van der Waals surface area contributed by atoms with Gasteiger partial charge in [-0.15, -0.1) is 0 Å². The van der Waals surface area contributed by atoms with Gasteiger partial charge in [0, 0.05) is 32.1 Å². The predicted octanol–water partition coefficient (Wildman–Crippen LogP) is 1.56. The molecule has 2 aliphatic rings. The van der Waals surface area contributed by atoms with Crippen LogP contribution in [0.2, 0.25) is 0 Å². The number of cyclic esters (lactones) is 1. The van der Waals surface area contributed by atoms with Crippen molar-refractivity contribution in [3.63, 3.8) is 0 Å². The van der Waals surface area contributed by atoms with Gasteiger partial charge in [0.05, 0.1) is 4.90 Å². The number of sulfonamides is 1. The summed E-state index contributed by atoms with van der Waals surface area (Å²) in [5, 5.41) is 0. The topological polar surface area (TPSA) is 113 Å². The minimum absolute atomic E-state index is 0.00387. The van der Waals surface area contributed by atoms with Crippen LogP contribution in [0, 0.1) is 27.7 Å². The third-order valence-electron chi connectivity index (χ3n) is 6.16. The van der Waals surface area contributed by atoms with Gasteiger partial charge in [-0.3, -0.25) is 9.59 Å². The molecule has 0 spiro atoms. The Hall–Kier alpha value is -2.46. The summed E-state index contributed by atoms with van der Waals surface area (Å²) in [6.45, 7) is 7.92. The van der Waals surface area contributed by atoms with E-state index in [1.54, 1.807) is 18.7 Å². The Morgan fingerprint density at radius 3 is 2.19 bits per heavy atom. The molecule has 0 atom stereocenters. The van der Waals surface area contributed by atoms with E-state index in [1.807, 2.05) is 19.9 Å². The van der Waals surface area contributed by atoms with Crippen LogP contribution in [-0.4, -0.2) is 68.4 Å². The van der Waals surface area contributed by atoms with Gasteiger partial charge in [0.15, 0.2) is 6.61 Å². The first-order chi connectivity index (χ1) is 14.5. The molecule has 0 aromatic heterocycles. The molecule has 2 heterocycles. The largest absolute Gasteiger partial charge is 0.439 e. The summed E-state index contributed by atoms with van der Waals surface area (Å²) in [6.07, 6.45) is 0.386. The zero-order valence-corrected chi connectivity index (χ0v) is 19.2. The number of rotatable bonds is 6. The van der Waals surface area contributed by atoms with Crippen LogP contribution in [0.5, 0.6) is 0 Å². The predicted molar refractivity (Wildman–Crippen MR) is 113 cm³/mol. The van der Waals surface area contributed by atoms with Crippen LogP contribution in [0.25, 0.3) is 0 Å². The summed E-state index contributed by atoms with van der Waals surface area (Å²) in [7, 11) is -3.74. The first-order valence-electron chi connectivity index (χ1n) is 10.4. The normalized spacial score (nSPS) is 17.9. The molecule has 0 radical (unpaired) electrons. The van der Waals surface area contributed by atoms with Gasteiger partial charge in [0.1, 0.15) is 0 Å². The maximum Gasteiger partial charge on any atom is 0.417 e. The van der Waals surface area contributed by atoms with E-state index < -0.39 is 16.1 Å². The average molecular weight is 452 g/mol. The summed E-state index contributed by atoms with van der Waals surface area (Å²) in [5.74, 6) is -0.508. The van der Waals surface area contributed by atoms with E-state index in [4.69, 9.17) is 4.74 Å². The number of hydrogen-bond acceptors (Lipinski definition) is 6. The van der Waals surface area contributed by atoms with Crippen LogP contribution in [0.1, 0.15) is 41.5 Å². The summed E-state index contributed by atoms with van der Waals surface area (Å²) in [5.41, 5.74) is 3.23. The van der Waals surface area contributed by atoms with E-state index in [0.29, 0.717) is 37.1 Å². The Morgan fingerprint density at radius 2 is 1.68 bits per heavy atom. The quantitative estimate of drug-likeness (QED) is 0.702. The third-order valence-corrected chi connectivity index (χ3v) is 7.90. The van der Waals surface area contributed by atoms with Crippen molar-refractivity contribution >= 4 is 27.9 Å². The molecular formula is C21H29N3O6S. The highest BCUT2D eigenvalue weighted by molar-refractivity contribution is 7.89. The number of imide groups is 1. The summed E-state index contributed by atoms with van der Waals surface area (Å²) < 4.78 is 33.0. The molecule has 1 N–H and O–H groups in total. The van der Waals surface area contributed by atoms with Crippen molar-refractivity contribution in [2.45, 2.75) is 57.9 Å². The molecule has 2 aliphatic heterocycles. The van der Waals surface area contributed by atoms with E-state index >= 15 is 0 Å². The fraction of sp³-hybridized carbons (Fsp3) is 0.571. The summed E-state index contributed by atoms with van der Waals surface area (Å²) >= 11 is 0. The molecule has 3 rings (SSSR count). The minimum Gasteiger partial charge on any atom is -0.439 e. The van der Waals surface area contributed by atoms with Crippen molar-refractivity contribution in [1.82, 2.24) is 14.5 Å². The van der Waals surface area contributed by atoms with Crippen molar-refractivity contribution in [2.24, 2.45) is 0 Å². The van der Waals surface area contributed by atoms with Crippen LogP contribution >= 0.6 is 0 Å². The highest BCUT2D eigenvalue weighted by Crippen LogP contribution is 2.26. The molecule has 9 nitrogen and oxygen atoms in total. The van der Waals surface area contributed by atoms with Crippen LogP contribution < -0.4 is 4.72 Å². The van der Waals surface area contributed by atoms with E-state index in [0.717, 1.165) is 16.0 Å². The number of nitrogens with zero attached hydrogens (tertiary/aromatic N) is 2. The first-order valence-corrected chi connectivity index (χ1v) is 11.8. The molecule has 3 amide bonds. The fourth-order valence-electron chi connectivity index (χ4n) is 4.20. The highest BCUT2D eigenvalue weighted by Gasteiger charge is 2.39. The lowest BCUT2D eigenvalue weighted by Gasteiger charge is -2.34. The number of hydrogen-bond donors (Lipinski definition) is 1. The molecule has 0 unspecified atom stereocenters. The van der Waals surface area contributed by atoms with Crippen molar-refractivity contribution in [3.05, 3.63) is 28.3 Å². The lowest BCUT2D eigenvalue weighted by atomic mass is 10.0. The zero-order valence-electron chi connectivity index (χ0n) is 18.4. The van der Waals surface area contributed by atoms with Gasteiger partial charge in [0.2, 0.25) is 15.9 Å². The van der Waals surface area contributed by atoms with E-state index in [9.17, 15) is 22.8 Å². The molecule has 2 fully saturated rings. The van der Waals surface area contributed by atoms with Crippen molar-refractivity contribution in [1.29, 1.82) is 0 Å². The minimum atomic E-state index is -3.74. The zero-order chi connectivity index (χ0) is 22.9. The maximum absolute atomic E-state index is 12.9. The Bertz CT molecular complexity index is 970. The van der Waals surface area contributed by atoms with Gasteiger partial charge >= 0.3 is 6.09 Å². The van der Waals surface area contributed by atoms with E-state index in [2.05, 4.69) is 4.72 Å². The van der Waals surface area contributed by atoms with E-state index in [1.165, 1.54) is 0 Å². The number of likely N-dealkylation sites (tertiary alicyclic amines) is 1. The Morgan fingerprint density at radius 1 is 1.10 bits per heavy atom. The molecule has 2 saturated heterocycles. The van der Waals surface area contributed by atoms with Gasteiger partial charge in [0.25, 0.3) is 5.91 Å². The molecule has 1 aromatic carbocycles. The number of amides is 3. The van der Waals surface area contributed by atoms with Gasteiger partial charge in [-0.2, -0.15) is 0 Å². The van der Waals surface area contributed by atoms with Crippen molar-refractivity contribution in [2.75, 3.05) is 26.2 Å². The maximum atomic E-state index is 12.9. The number of ether oxygens (including phenoxy) is 1. The number of piperidine rings is 1. The number of carbonyl (C=O) groups is 3. The Balaban J connectivity index is 1.54. The molecule has 170 valence electrons. The van der Waals surface area contributed by atoms with Gasteiger partial charge in [-0.05, 0) is 62.8 Å². The number of nitrogens with one attached hydrogen (secondary N) is 1. The van der Waals surface area contributed by atoms with Crippen LogP contribution in [0.15, 0.2) is 11.0 Å². The first kappa shape index (κ1) is 23.2.